The second kappa shape index (κ2) is 13.9. The fourth-order valence-corrected chi connectivity index (χ4v) is 4.69. The van der Waals surface area contributed by atoms with Gasteiger partial charge in [-0.05, 0) is 54.3 Å². The van der Waals surface area contributed by atoms with Crippen LogP contribution < -0.4 is 20.1 Å². The fourth-order valence-electron chi connectivity index (χ4n) is 4.50. The number of hydrogen-bond donors (Lipinski definition) is 2. The Balaban J connectivity index is 1.69. The highest BCUT2D eigenvalue weighted by Gasteiger charge is 2.33. The molecule has 4 rings (SSSR count). The summed E-state index contributed by atoms with van der Waals surface area (Å²) in [7, 11) is 3.00. The van der Waals surface area contributed by atoms with E-state index in [0.717, 1.165) is 12.8 Å². The maximum Gasteiger partial charge on any atom is 0.287 e. The number of benzene rings is 2. The van der Waals surface area contributed by atoms with Gasteiger partial charge in [-0.1, -0.05) is 35.9 Å². The first kappa shape index (κ1) is 29.0. The van der Waals surface area contributed by atoms with Crippen LogP contribution in [0.1, 0.15) is 40.6 Å². The van der Waals surface area contributed by atoms with Crippen LogP contribution in [0.5, 0.6) is 11.5 Å². The van der Waals surface area contributed by atoms with Crippen molar-refractivity contribution in [2.45, 2.75) is 31.5 Å². The van der Waals surface area contributed by atoms with Crippen molar-refractivity contribution < 1.29 is 33.0 Å². The third-order valence-electron chi connectivity index (χ3n) is 6.58. The minimum atomic E-state index is -1.09. The maximum absolute atomic E-state index is 13.8. The zero-order valence-corrected chi connectivity index (χ0v) is 23.1. The minimum absolute atomic E-state index is 0.00148. The number of furan rings is 1. The van der Waals surface area contributed by atoms with Crippen molar-refractivity contribution in [2.75, 3.05) is 33.9 Å². The molecule has 2 atom stereocenters. The van der Waals surface area contributed by atoms with Crippen LogP contribution >= 0.6 is 11.6 Å². The summed E-state index contributed by atoms with van der Waals surface area (Å²) >= 11 is 6.46. The Morgan fingerprint density at radius 2 is 1.85 bits per heavy atom. The fraction of sp³-hybridized carbons (Fsp3) is 0.345. The van der Waals surface area contributed by atoms with E-state index in [4.69, 9.17) is 30.2 Å². The van der Waals surface area contributed by atoms with Crippen molar-refractivity contribution in [3.63, 3.8) is 0 Å². The van der Waals surface area contributed by atoms with Crippen molar-refractivity contribution in [3.05, 3.63) is 82.8 Å². The van der Waals surface area contributed by atoms with Crippen LogP contribution in [0.2, 0.25) is 5.02 Å². The van der Waals surface area contributed by atoms with Crippen LogP contribution in [0.15, 0.2) is 65.3 Å². The van der Waals surface area contributed by atoms with Crippen molar-refractivity contribution in [1.29, 1.82) is 0 Å². The molecule has 1 aliphatic heterocycles. The Hall–Kier alpha value is -4.02. The number of methoxy groups -OCH3 is 2. The number of carbonyl (C=O) groups excluding carboxylic acids is 3. The van der Waals surface area contributed by atoms with Crippen molar-refractivity contribution >= 4 is 29.3 Å². The van der Waals surface area contributed by atoms with Crippen LogP contribution in [0.25, 0.3) is 0 Å². The number of hydrogen-bond acceptors (Lipinski definition) is 7. The molecule has 0 saturated carbocycles. The van der Waals surface area contributed by atoms with Gasteiger partial charge in [0.05, 0.1) is 33.1 Å². The Bertz CT molecular complexity index is 1310. The summed E-state index contributed by atoms with van der Waals surface area (Å²) in [6.07, 6.45) is 3.02. The molecule has 3 aromatic rings. The second-order valence-electron chi connectivity index (χ2n) is 9.17. The highest BCUT2D eigenvalue weighted by molar-refractivity contribution is 6.31. The number of carbonyl (C=O) groups is 3. The summed E-state index contributed by atoms with van der Waals surface area (Å²) in [5.74, 6) is -0.544. The predicted molar refractivity (Wildman–Crippen MR) is 147 cm³/mol. The summed E-state index contributed by atoms with van der Waals surface area (Å²) in [5, 5.41) is 5.96. The lowest BCUT2D eigenvalue weighted by atomic mass is 10.0. The maximum atomic E-state index is 13.8. The molecular weight excluding hydrogens is 538 g/mol. The summed E-state index contributed by atoms with van der Waals surface area (Å²) in [6.45, 7) is 0.562. The number of ether oxygens (including phenoxy) is 3. The molecule has 0 bridgehead atoms. The molecule has 0 spiro atoms. The van der Waals surface area contributed by atoms with Gasteiger partial charge in [0.25, 0.3) is 5.91 Å². The van der Waals surface area contributed by atoms with Crippen molar-refractivity contribution in [3.8, 4) is 11.5 Å². The van der Waals surface area contributed by atoms with Gasteiger partial charge >= 0.3 is 0 Å². The summed E-state index contributed by atoms with van der Waals surface area (Å²) in [5.41, 5.74) is 1.12. The first-order valence-corrected chi connectivity index (χ1v) is 13.2. The highest BCUT2D eigenvalue weighted by Crippen LogP contribution is 2.33. The smallest absolute Gasteiger partial charge is 0.287 e. The van der Waals surface area contributed by atoms with Crippen LogP contribution in [0, 0.1) is 0 Å². The average molecular weight is 570 g/mol. The second-order valence-corrected chi connectivity index (χ2v) is 9.58. The minimum Gasteiger partial charge on any atom is -0.493 e. The SMILES string of the molecule is COc1ccc([C@H](C(=O)NC[C@H]2CCCO2)N(Cc2ccccc2Cl)C(=O)CNC(=O)c2ccco2)cc1OC. The van der Waals surface area contributed by atoms with E-state index >= 15 is 0 Å². The molecule has 3 amide bonds. The first-order chi connectivity index (χ1) is 19.4. The van der Waals surface area contributed by atoms with Crippen molar-refractivity contribution in [1.82, 2.24) is 15.5 Å². The molecule has 0 aliphatic carbocycles. The zero-order valence-electron chi connectivity index (χ0n) is 22.4. The molecule has 0 radical (unpaired) electrons. The van der Waals surface area contributed by atoms with Crippen LogP contribution in [-0.4, -0.2) is 62.6 Å². The van der Waals surface area contributed by atoms with Gasteiger partial charge in [0, 0.05) is 24.7 Å². The summed E-state index contributed by atoms with van der Waals surface area (Å²) in [6, 6.07) is 14.1. The van der Waals surface area contributed by atoms with Gasteiger partial charge in [-0.3, -0.25) is 14.4 Å². The normalized spacial score (nSPS) is 15.2. The Morgan fingerprint density at radius 1 is 1.05 bits per heavy atom. The Kier molecular flexibility index (Phi) is 10.0. The Labute approximate surface area is 237 Å². The molecule has 11 heteroatoms. The van der Waals surface area contributed by atoms with Gasteiger partial charge < -0.3 is 34.2 Å². The van der Waals surface area contributed by atoms with Gasteiger partial charge in [-0.25, -0.2) is 0 Å². The molecule has 212 valence electrons. The van der Waals surface area contributed by atoms with Gasteiger partial charge in [0.2, 0.25) is 11.8 Å². The molecule has 2 heterocycles. The molecule has 1 saturated heterocycles. The van der Waals surface area contributed by atoms with E-state index in [9.17, 15) is 14.4 Å². The third kappa shape index (κ3) is 7.13. The number of nitrogens with one attached hydrogen (secondary N) is 2. The molecule has 2 N–H and O–H groups in total. The molecule has 1 fully saturated rings. The summed E-state index contributed by atoms with van der Waals surface area (Å²) in [4.78, 5) is 41.5. The van der Waals surface area contributed by atoms with E-state index in [1.54, 1.807) is 48.5 Å². The first-order valence-electron chi connectivity index (χ1n) is 12.9. The quantitative estimate of drug-likeness (QED) is 0.341. The predicted octanol–water partition coefficient (Wildman–Crippen LogP) is 3.75. The van der Waals surface area contributed by atoms with Gasteiger partial charge in [0.1, 0.15) is 6.04 Å². The number of halogens is 1. The van der Waals surface area contributed by atoms with Gasteiger partial charge in [0.15, 0.2) is 17.3 Å². The average Bonchev–Trinajstić information content (AvgIpc) is 3.70. The molecule has 2 aromatic carbocycles. The lowest BCUT2D eigenvalue weighted by Gasteiger charge is -2.32. The van der Waals surface area contributed by atoms with Gasteiger partial charge in [-0.2, -0.15) is 0 Å². The number of rotatable bonds is 12. The molecular formula is C29H32ClN3O7. The van der Waals surface area contributed by atoms with E-state index in [1.807, 2.05) is 0 Å². The summed E-state index contributed by atoms with van der Waals surface area (Å²) < 4.78 is 21.6. The molecule has 10 nitrogen and oxygen atoms in total. The topological polar surface area (TPSA) is 119 Å². The van der Waals surface area contributed by atoms with E-state index in [2.05, 4.69) is 10.6 Å². The van der Waals surface area contributed by atoms with Gasteiger partial charge in [-0.15, -0.1) is 0 Å². The van der Waals surface area contributed by atoms with E-state index in [0.29, 0.717) is 40.8 Å². The van der Waals surface area contributed by atoms with E-state index in [1.165, 1.54) is 31.4 Å². The lowest BCUT2D eigenvalue weighted by molar-refractivity contribution is -0.141. The van der Waals surface area contributed by atoms with Crippen LogP contribution in [0.4, 0.5) is 0 Å². The molecule has 1 aliphatic rings. The standard InChI is InChI=1S/C29H32ClN3O7/c1-37-23-12-11-19(15-25(23)38-2)27(29(36)31-16-21-8-5-13-39-21)33(18-20-7-3-4-9-22(20)30)26(34)17-32-28(35)24-10-6-14-40-24/h3-4,6-7,9-12,14-15,21,27H,5,8,13,16-18H2,1-2H3,(H,31,36)(H,32,35)/t21-,27-/m1/s1. The van der Waals surface area contributed by atoms with E-state index in [-0.39, 0.29) is 25.0 Å². The van der Waals surface area contributed by atoms with Crippen molar-refractivity contribution in [2.24, 2.45) is 0 Å². The van der Waals surface area contributed by atoms with E-state index < -0.39 is 23.8 Å². The molecule has 40 heavy (non-hydrogen) atoms. The zero-order chi connectivity index (χ0) is 28.5. The molecule has 0 unspecified atom stereocenters. The third-order valence-corrected chi connectivity index (χ3v) is 6.94. The van der Waals surface area contributed by atoms with Crippen LogP contribution in [-0.2, 0) is 20.9 Å². The highest BCUT2D eigenvalue weighted by atomic mass is 35.5. The Morgan fingerprint density at radius 3 is 2.52 bits per heavy atom. The monoisotopic (exact) mass is 569 g/mol. The largest absolute Gasteiger partial charge is 0.493 e. The number of nitrogens with zero attached hydrogens (tertiary/aromatic N) is 1. The van der Waals surface area contributed by atoms with Crippen LogP contribution in [0.3, 0.4) is 0 Å². The number of amides is 3. The lowest BCUT2D eigenvalue weighted by Crippen LogP contribution is -2.48. The molecule has 1 aromatic heterocycles.